The minimum Gasteiger partial charge on any atom is -1.00 e. The maximum atomic E-state index is 13.3. The predicted molar refractivity (Wildman–Crippen MR) is 198 cm³/mol. The molecular weight excluding hydrogens is 735 g/mol. The van der Waals surface area contributed by atoms with Crippen LogP contribution in [0.5, 0.6) is 0 Å². The van der Waals surface area contributed by atoms with Gasteiger partial charge in [-0.25, -0.2) is 0 Å². The number of amidine groups is 1. The van der Waals surface area contributed by atoms with E-state index in [1.165, 1.54) is 12.1 Å². The molecule has 0 radical (unpaired) electrons. The molecule has 5 rings (SSSR count). The van der Waals surface area contributed by atoms with Gasteiger partial charge in [0, 0.05) is 76.0 Å². The lowest BCUT2D eigenvalue weighted by Crippen LogP contribution is -3.00. The van der Waals surface area contributed by atoms with Gasteiger partial charge in [-0.15, -0.1) is 23.2 Å². The number of hydrogen-bond donors (Lipinski definition) is 6. The molecule has 1 aromatic carbocycles. The first kappa shape index (κ1) is 39.4. The Labute approximate surface area is 315 Å². The van der Waals surface area contributed by atoms with E-state index in [1.54, 1.807) is 71.5 Å². The van der Waals surface area contributed by atoms with Gasteiger partial charge < -0.3 is 56.7 Å². The summed E-state index contributed by atoms with van der Waals surface area (Å²) < 4.78 is 10.5. The highest BCUT2D eigenvalue weighted by Gasteiger charge is 2.21. The number of aromatic nitrogens is 3. The Bertz CT molecular complexity index is 2110. The average Bonchev–Trinajstić information content (AvgIpc) is 3.86. The Morgan fingerprint density at radius 3 is 1.98 bits per heavy atom. The quantitative estimate of drug-likeness (QED) is 0.0478. The number of aryl methyl sites for hydroxylation is 2. The van der Waals surface area contributed by atoms with Crippen LogP contribution in [0.4, 0.5) is 22.9 Å². The van der Waals surface area contributed by atoms with E-state index in [0.717, 1.165) is 11.1 Å². The number of nitrogens with two attached hydrogens (primary N) is 2. The molecule has 0 aliphatic heterocycles. The Balaban J connectivity index is 0.00000605. The monoisotopic (exact) mass is 772 g/mol. The molecule has 0 bridgehead atoms. The number of hydrogen-bond acceptors (Lipinski definition) is 6. The molecule has 0 aliphatic rings. The first-order valence-corrected chi connectivity index (χ1v) is 16.9. The number of rotatable bonds is 15. The van der Waals surface area contributed by atoms with Gasteiger partial charge in [-0.1, -0.05) is 0 Å². The number of halogens is 3. The molecule has 0 spiro atoms. The van der Waals surface area contributed by atoms with E-state index in [4.69, 9.17) is 38.8 Å². The number of alkyl halides is 2. The second-order valence-corrected chi connectivity index (χ2v) is 12.5. The molecule has 0 saturated heterocycles. The number of nitrogens with zero attached hydrogens (tertiary/aromatic N) is 4. The summed E-state index contributed by atoms with van der Waals surface area (Å²) in [6.45, 7) is 1.53. The number of fused-ring (bicyclic) bond motifs is 1. The number of benzene rings is 1. The predicted octanol–water partition coefficient (Wildman–Crippen LogP) is -0.271. The van der Waals surface area contributed by atoms with E-state index in [2.05, 4.69) is 26.2 Å². The van der Waals surface area contributed by atoms with Crippen molar-refractivity contribution in [3.05, 3.63) is 83.8 Å². The molecule has 52 heavy (non-hydrogen) atoms. The zero-order valence-electron chi connectivity index (χ0n) is 28.6. The second kappa shape index (κ2) is 17.2. The smallest absolute Gasteiger partial charge is 0.291 e. The standard InChI is InChI=1S/C34H38Cl2N10O5.ClH/c1-43-19-22(41-34(50)28-15-20-14-23(4-6-27(20)51-28)46(12-9-35)13-10-36)17-25(43)32(48)40-21-16-26(44(2)18-21)33(49)42-30-7-5-24(45(30)3)31(47)39-11-8-29(37)38;/h4-7,14-19H,8-13H2,1-3H3,(H3,37,38)(H,39,47)(H,40,48)(H,41,50)(H,42,49);1H. The molecule has 4 aromatic heterocycles. The molecule has 8 N–H and O–H groups in total. The van der Waals surface area contributed by atoms with E-state index in [1.807, 2.05) is 12.1 Å². The normalized spacial score (nSPS) is 10.8. The van der Waals surface area contributed by atoms with Crippen molar-refractivity contribution in [2.24, 2.45) is 26.9 Å². The van der Waals surface area contributed by atoms with Crippen LogP contribution in [-0.2, 0) is 21.1 Å². The van der Waals surface area contributed by atoms with Crippen molar-refractivity contribution in [3.8, 4) is 0 Å². The molecule has 0 atom stereocenters. The zero-order chi connectivity index (χ0) is 36.8. The minimum atomic E-state index is -0.483. The van der Waals surface area contributed by atoms with Gasteiger partial charge in [0.15, 0.2) is 5.76 Å². The average molecular weight is 774 g/mol. The van der Waals surface area contributed by atoms with Crippen LogP contribution in [-0.4, -0.2) is 74.6 Å². The zero-order valence-corrected chi connectivity index (χ0v) is 30.9. The summed E-state index contributed by atoms with van der Waals surface area (Å²) in [5, 5.41) is 17.3. The molecule has 5 aromatic rings. The van der Waals surface area contributed by atoms with Crippen molar-refractivity contribution < 1.29 is 41.4 Å². The van der Waals surface area contributed by atoms with E-state index < -0.39 is 17.7 Å². The van der Waals surface area contributed by atoms with Crippen LogP contribution in [0, 0.1) is 0 Å². The summed E-state index contributed by atoms with van der Waals surface area (Å²) >= 11 is 11.9. The molecule has 18 heteroatoms. The fourth-order valence-corrected chi connectivity index (χ4v) is 5.88. The summed E-state index contributed by atoms with van der Waals surface area (Å²) in [5.74, 6) is -0.133. The third kappa shape index (κ3) is 9.09. The Morgan fingerprint density at radius 1 is 0.788 bits per heavy atom. The fraction of sp³-hybridized carbons (Fsp3) is 0.265. The largest absolute Gasteiger partial charge is 1.00 e. The molecule has 0 saturated carbocycles. The van der Waals surface area contributed by atoms with Crippen LogP contribution in [0.3, 0.4) is 0 Å². The SMILES string of the molecule is Cn1cc(NC(=O)c2cc3cc(N(CCCl)CCCl)ccc3o2)cc1C(=O)Nc1cc(C(=O)Nc2ccc(C(=O)NCCC(N)=[NH2+])n2C)n(C)c1.[Cl-]. The summed E-state index contributed by atoms with van der Waals surface area (Å²) in [5.41, 5.74) is 8.52. The highest BCUT2D eigenvalue weighted by Crippen LogP contribution is 2.27. The lowest BCUT2D eigenvalue weighted by molar-refractivity contribution is -0.117. The third-order valence-electron chi connectivity index (χ3n) is 8.08. The summed E-state index contributed by atoms with van der Waals surface area (Å²) in [4.78, 5) is 54.1. The maximum Gasteiger partial charge on any atom is 0.291 e. The van der Waals surface area contributed by atoms with Gasteiger partial charge in [0.2, 0.25) is 5.84 Å². The van der Waals surface area contributed by atoms with Gasteiger partial charge in [0.1, 0.15) is 28.5 Å². The van der Waals surface area contributed by atoms with Crippen LogP contribution in [0.15, 0.2) is 65.3 Å². The first-order chi connectivity index (χ1) is 24.4. The molecule has 4 heterocycles. The Hall–Kier alpha value is -5.38. The number of anilines is 4. The minimum absolute atomic E-state index is 0. The number of nitrogens with one attached hydrogen (secondary N) is 4. The molecule has 4 amide bonds. The van der Waals surface area contributed by atoms with Gasteiger partial charge in [-0.05, 0) is 48.5 Å². The maximum absolute atomic E-state index is 13.3. The van der Waals surface area contributed by atoms with E-state index in [0.29, 0.717) is 59.7 Å². The molecule has 0 fully saturated rings. The van der Waals surface area contributed by atoms with Crippen LogP contribution >= 0.6 is 23.2 Å². The van der Waals surface area contributed by atoms with E-state index in [9.17, 15) is 19.2 Å². The number of amides is 4. The Morgan fingerprint density at radius 2 is 1.38 bits per heavy atom. The number of carbonyl (C=O) groups excluding carboxylic acids is 4. The third-order valence-corrected chi connectivity index (χ3v) is 8.42. The van der Waals surface area contributed by atoms with Gasteiger partial charge >= 0.3 is 0 Å². The van der Waals surface area contributed by atoms with Crippen molar-refractivity contribution in [1.29, 1.82) is 0 Å². The highest BCUT2D eigenvalue weighted by molar-refractivity contribution is 6.18. The van der Waals surface area contributed by atoms with Crippen LogP contribution in [0.2, 0.25) is 0 Å². The summed E-state index contributed by atoms with van der Waals surface area (Å²) in [6, 6.07) is 13.5. The van der Waals surface area contributed by atoms with Gasteiger partial charge in [0.25, 0.3) is 23.6 Å². The highest BCUT2D eigenvalue weighted by atomic mass is 35.5. The van der Waals surface area contributed by atoms with Crippen molar-refractivity contribution in [1.82, 2.24) is 19.0 Å². The van der Waals surface area contributed by atoms with E-state index in [-0.39, 0.29) is 47.8 Å². The topological polar surface area (TPSA) is 199 Å². The van der Waals surface area contributed by atoms with Crippen molar-refractivity contribution in [2.75, 3.05) is 52.2 Å². The van der Waals surface area contributed by atoms with Crippen LogP contribution < -0.4 is 49.7 Å². The molecule has 0 unspecified atom stereocenters. The summed E-state index contributed by atoms with van der Waals surface area (Å²) in [7, 11) is 4.99. The molecule has 276 valence electrons. The van der Waals surface area contributed by atoms with Gasteiger partial charge in [-0.3, -0.25) is 30.3 Å². The van der Waals surface area contributed by atoms with Crippen molar-refractivity contribution in [3.63, 3.8) is 0 Å². The number of carbonyl (C=O) groups is 4. The molecule has 15 nitrogen and oxygen atoms in total. The molecular formula is C34H39Cl3N10O5. The lowest BCUT2D eigenvalue weighted by atomic mass is 10.2. The second-order valence-electron chi connectivity index (χ2n) is 11.8. The first-order valence-electron chi connectivity index (χ1n) is 15.9. The Kier molecular flexibility index (Phi) is 13.1. The van der Waals surface area contributed by atoms with Crippen LogP contribution in [0.1, 0.15) is 48.4 Å². The summed E-state index contributed by atoms with van der Waals surface area (Å²) in [6.07, 6.45) is 3.54. The van der Waals surface area contributed by atoms with Crippen molar-refractivity contribution in [2.45, 2.75) is 6.42 Å². The van der Waals surface area contributed by atoms with Gasteiger partial charge in [-0.2, -0.15) is 0 Å². The van der Waals surface area contributed by atoms with Crippen LogP contribution in [0.25, 0.3) is 11.0 Å². The fourth-order valence-electron chi connectivity index (χ4n) is 5.47. The van der Waals surface area contributed by atoms with Crippen molar-refractivity contribution >= 4 is 86.5 Å². The number of furan rings is 1. The van der Waals surface area contributed by atoms with E-state index >= 15 is 0 Å². The molecule has 0 aliphatic carbocycles. The lowest BCUT2D eigenvalue weighted by Gasteiger charge is -2.22. The van der Waals surface area contributed by atoms with Gasteiger partial charge in [0.05, 0.1) is 17.8 Å².